The van der Waals surface area contributed by atoms with E-state index in [2.05, 4.69) is 25.5 Å². The number of nitrogens with zero attached hydrogens (tertiary/aromatic N) is 2. The Balaban J connectivity index is 2.94. The lowest BCUT2D eigenvalue weighted by atomic mass is 10.1. The van der Waals surface area contributed by atoms with Gasteiger partial charge in [-0.1, -0.05) is 28.1 Å². The van der Waals surface area contributed by atoms with E-state index in [1.54, 1.807) is 31.2 Å². The number of carbonyl (C=O) groups is 1. The lowest BCUT2D eigenvalue weighted by Gasteiger charge is -2.06. The van der Waals surface area contributed by atoms with Crippen molar-refractivity contribution in [3.05, 3.63) is 39.8 Å². The Labute approximate surface area is 107 Å². The van der Waals surface area contributed by atoms with Crippen molar-refractivity contribution < 1.29 is 19.4 Å². The van der Waals surface area contributed by atoms with Crippen molar-refractivity contribution in [3.63, 3.8) is 0 Å². The minimum absolute atomic E-state index is 0.144. The van der Waals surface area contributed by atoms with Crippen LogP contribution >= 0.6 is 15.9 Å². The number of esters is 1. The van der Waals surface area contributed by atoms with Gasteiger partial charge in [0, 0.05) is 4.47 Å². The number of aliphatic hydroxyl groups is 1. The number of aliphatic hydroxyl groups excluding tert-OH is 1. The lowest BCUT2D eigenvalue weighted by molar-refractivity contribution is -0.141. The van der Waals surface area contributed by atoms with Gasteiger partial charge in [0.1, 0.15) is 0 Å². The van der Waals surface area contributed by atoms with E-state index in [9.17, 15) is 9.90 Å². The van der Waals surface area contributed by atoms with E-state index in [1.165, 1.54) is 0 Å². The third-order valence-electron chi connectivity index (χ3n) is 2.04. The average molecular weight is 299 g/mol. The highest BCUT2D eigenvalue weighted by atomic mass is 79.9. The van der Waals surface area contributed by atoms with Gasteiger partial charge in [-0.2, -0.15) is 4.79 Å². The molecule has 0 aliphatic rings. The number of hydrogen-bond acceptors (Lipinski definition) is 3. The monoisotopic (exact) mass is 298 g/mol. The summed E-state index contributed by atoms with van der Waals surface area (Å²) >= 11 is 3.25. The molecule has 0 saturated heterocycles. The molecule has 0 radical (unpaired) electrons. The average Bonchev–Trinajstić information content (AvgIpc) is 2.31. The van der Waals surface area contributed by atoms with E-state index >= 15 is 0 Å². The van der Waals surface area contributed by atoms with Crippen molar-refractivity contribution in [2.75, 3.05) is 6.61 Å². The molecule has 0 aliphatic carbocycles. The van der Waals surface area contributed by atoms with Crippen LogP contribution in [0.4, 0.5) is 0 Å². The fraction of sp³-hybridized carbons (Fsp3) is 0.273. The van der Waals surface area contributed by atoms with E-state index in [0.29, 0.717) is 5.56 Å². The maximum atomic E-state index is 11.4. The zero-order valence-electron chi connectivity index (χ0n) is 9.13. The van der Waals surface area contributed by atoms with Gasteiger partial charge in [-0.25, -0.2) is 4.79 Å². The first kappa shape index (κ1) is 13.6. The Kier molecular flexibility index (Phi) is 5.03. The molecule has 1 aromatic carbocycles. The smallest absolute Gasteiger partial charge is 0.420 e. The van der Waals surface area contributed by atoms with Crippen LogP contribution in [0.5, 0.6) is 0 Å². The summed E-state index contributed by atoms with van der Waals surface area (Å²) in [5, 5.41) is 9.86. The van der Waals surface area contributed by atoms with E-state index in [1.807, 2.05) is 0 Å². The van der Waals surface area contributed by atoms with Crippen LogP contribution in [0.25, 0.3) is 5.53 Å². The predicted molar refractivity (Wildman–Crippen MR) is 64.4 cm³/mol. The van der Waals surface area contributed by atoms with Crippen LogP contribution in [0.1, 0.15) is 18.6 Å². The van der Waals surface area contributed by atoms with Gasteiger partial charge in [0.2, 0.25) is 0 Å². The van der Waals surface area contributed by atoms with Gasteiger partial charge in [0.25, 0.3) is 0 Å². The van der Waals surface area contributed by atoms with Crippen LogP contribution in [0.15, 0.2) is 28.7 Å². The first-order valence-corrected chi connectivity index (χ1v) is 5.72. The second-order valence-electron chi connectivity index (χ2n) is 3.16. The fourth-order valence-electron chi connectivity index (χ4n) is 1.22. The Morgan fingerprint density at radius 3 is 2.59 bits per heavy atom. The summed E-state index contributed by atoms with van der Waals surface area (Å²) in [5.74, 6) is -0.842. The van der Waals surface area contributed by atoms with Gasteiger partial charge in [-0.15, -0.1) is 0 Å². The molecular formula is C11H11BrN2O3. The van der Waals surface area contributed by atoms with E-state index in [4.69, 9.17) is 5.53 Å². The summed E-state index contributed by atoms with van der Waals surface area (Å²) in [6.45, 7) is 1.77. The minimum Gasteiger partial charge on any atom is -0.457 e. The van der Waals surface area contributed by atoms with Crippen LogP contribution in [0, 0.1) is 0 Å². The first-order valence-electron chi connectivity index (χ1n) is 4.92. The molecule has 0 bridgehead atoms. The minimum atomic E-state index is -1.31. The van der Waals surface area contributed by atoms with Crippen molar-refractivity contribution >= 4 is 27.6 Å². The summed E-state index contributed by atoms with van der Waals surface area (Å²) in [6, 6.07) is 6.63. The molecule has 90 valence electrons. The fourth-order valence-corrected chi connectivity index (χ4v) is 1.48. The number of hydrogen-bond donors (Lipinski definition) is 1. The van der Waals surface area contributed by atoms with Gasteiger partial charge in [0.15, 0.2) is 6.10 Å². The van der Waals surface area contributed by atoms with Gasteiger partial charge in [0.05, 0.1) is 6.61 Å². The summed E-state index contributed by atoms with van der Waals surface area (Å²) in [4.78, 5) is 14.2. The number of ether oxygens (including phenoxy) is 1. The zero-order chi connectivity index (χ0) is 12.8. The Bertz CT molecular complexity index is 452. The second kappa shape index (κ2) is 6.30. The molecule has 1 unspecified atom stereocenters. The highest BCUT2D eigenvalue weighted by molar-refractivity contribution is 9.10. The molecule has 6 heteroatoms. The van der Waals surface area contributed by atoms with Crippen molar-refractivity contribution in [2.24, 2.45) is 0 Å². The predicted octanol–water partition coefficient (Wildman–Crippen LogP) is 1.72. The number of carbonyl (C=O) groups excluding carboxylic acids is 1. The Morgan fingerprint density at radius 2 is 2.12 bits per heavy atom. The van der Waals surface area contributed by atoms with E-state index < -0.39 is 17.8 Å². The van der Waals surface area contributed by atoms with Crippen molar-refractivity contribution in [3.8, 4) is 0 Å². The van der Waals surface area contributed by atoms with Gasteiger partial charge in [-0.05, 0) is 24.6 Å². The number of halogens is 1. The van der Waals surface area contributed by atoms with Crippen LogP contribution in [0.2, 0.25) is 0 Å². The van der Waals surface area contributed by atoms with Crippen LogP contribution < -0.4 is 0 Å². The maximum Gasteiger partial charge on any atom is 0.420 e. The summed E-state index contributed by atoms with van der Waals surface area (Å²) in [6.07, 6.45) is -1.31. The highest BCUT2D eigenvalue weighted by Gasteiger charge is 2.32. The quantitative estimate of drug-likeness (QED) is 0.397. The van der Waals surface area contributed by atoms with Gasteiger partial charge >= 0.3 is 11.7 Å². The molecule has 0 heterocycles. The molecule has 0 fully saturated rings. The third-order valence-corrected chi connectivity index (χ3v) is 2.57. The molecule has 1 aromatic rings. The molecule has 0 aromatic heterocycles. The lowest BCUT2D eigenvalue weighted by Crippen LogP contribution is -2.25. The van der Waals surface area contributed by atoms with Crippen molar-refractivity contribution in [1.29, 1.82) is 0 Å². The summed E-state index contributed by atoms with van der Waals surface area (Å²) in [5.41, 5.74) is 8.73. The maximum absolute atomic E-state index is 11.4. The molecule has 1 N–H and O–H groups in total. The SMILES string of the molecule is CCOC(=O)C(=[N+]=[N-])C(O)c1ccc(Br)cc1. The summed E-state index contributed by atoms with van der Waals surface area (Å²) in [7, 11) is 0. The third kappa shape index (κ3) is 3.49. The van der Waals surface area contributed by atoms with E-state index in [-0.39, 0.29) is 6.61 Å². The Morgan fingerprint density at radius 1 is 1.53 bits per heavy atom. The molecule has 1 atom stereocenters. The van der Waals surface area contributed by atoms with Gasteiger partial charge in [-0.3, -0.25) is 0 Å². The van der Waals surface area contributed by atoms with E-state index in [0.717, 1.165) is 4.47 Å². The zero-order valence-corrected chi connectivity index (χ0v) is 10.7. The van der Waals surface area contributed by atoms with Crippen molar-refractivity contribution in [2.45, 2.75) is 13.0 Å². The number of benzene rings is 1. The van der Waals surface area contributed by atoms with Crippen LogP contribution in [0.3, 0.4) is 0 Å². The second-order valence-corrected chi connectivity index (χ2v) is 4.08. The molecule has 17 heavy (non-hydrogen) atoms. The largest absolute Gasteiger partial charge is 0.457 e. The molecular weight excluding hydrogens is 288 g/mol. The van der Waals surface area contributed by atoms with Gasteiger partial charge < -0.3 is 15.4 Å². The standard InChI is InChI=1S/C11H11BrN2O3/c1-2-17-11(16)9(14-13)10(15)7-3-5-8(12)6-4-7/h3-6,10,15H,2H2,1H3. The molecule has 5 nitrogen and oxygen atoms in total. The topological polar surface area (TPSA) is 82.9 Å². The molecule has 0 aliphatic heterocycles. The molecule has 0 saturated carbocycles. The molecule has 0 amide bonds. The highest BCUT2D eigenvalue weighted by Crippen LogP contribution is 2.17. The Hall–Kier alpha value is -1.49. The first-order chi connectivity index (χ1) is 8.10. The normalized spacial score (nSPS) is 11.5. The molecule has 1 rings (SSSR count). The number of rotatable bonds is 4. The van der Waals surface area contributed by atoms with Crippen molar-refractivity contribution in [1.82, 2.24) is 0 Å². The van der Waals surface area contributed by atoms with Crippen LogP contribution in [-0.2, 0) is 9.53 Å². The van der Waals surface area contributed by atoms with Crippen LogP contribution in [-0.4, -0.2) is 28.2 Å². The summed E-state index contributed by atoms with van der Waals surface area (Å²) < 4.78 is 5.50. The molecule has 0 spiro atoms.